The minimum Gasteiger partial charge on any atom is -0.548 e. The number of aliphatic carboxylic acids is 1. The first-order chi connectivity index (χ1) is 16.6. The average Bonchev–Trinajstić information content (AvgIpc) is 2.73. The van der Waals surface area contributed by atoms with E-state index in [1.54, 1.807) is 45.0 Å². The molecule has 2 rings (SSSR count). The Bertz CT molecular complexity index is 1070. The summed E-state index contributed by atoms with van der Waals surface area (Å²) in [6, 6.07) is 10.2. The zero-order valence-electron chi connectivity index (χ0n) is 20.6. The maximum atomic E-state index is 13.0. The van der Waals surface area contributed by atoms with Crippen LogP contribution in [-0.2, 0) is 22.1 Å². The summed E-state index contributed by atoms with van der Waals surface area (Å²) in [5, 5.41) is 15.0. The number of benzene rings is 2. The van der Waals surface area contributed by atoms with Crippen LogP contribution >= 0.6 is 23.4 Å². The van der Waals surface area contributed by atoms with Gasteiger partial charge in [-0.15, -0.1) is 0 Å². The number of hydrogen-bond acceptors (Lipinski definition) is 5. The number of halogens is 4. The Balaban J connectivity index is 2.08. The second-order valence-corrected chi connectivity index (χ2v) is 11.0. The van der Waals surface area contributed by atoms with E-state index < -0.39 is 34.9 Å². The van der Waals surface area contributed by atoms with E-state index in [0.717, 1.165) is 29.5 Å². The molecule has 0 bridgehead atoms. The van der Waals surface area contributed by atoms with Gasteiger partial charge in [0, 0.05) is 14.8 Å². The summed E-state index contributed by atoms with van der Waals surface area (Å²) in [7, 11) is 0. The standard InChI is InChI=1S/C26H31ClF3NO4S/c1-5-13-25(22(32)33,31-23(34)35-24(2,3)4)14-7-8-17-11-12-20(16-21(17)27)36-19-10-6-9-18(15-19)26(28,29)30/h6,9-12,15-16H,5,7-8,13-14H2,1-4H3,(H,31,34)(H,32,33)/p-1/t25-/m1/s1. The third-order valence-corrected chi connectivity index (χ3v) is 6.61. The Kier molecular flexibility index (Phi) is 10.1. The normalized spacial score (nSPS) is 13.7. The van der Waals surface area contributed by atoms with Gasteiger partial charge in [0.15, 0.2) is 0 Å². The molecule has 1 amide bonds. The highest BCUT2D eigenvalue weighted by Crippen LogP contribution is 2.36. The van der Waals surface area contributed by atoms with Gasteiger partial charge in [0.2, 0.25) is 0 Å². The third kappa shape index (κ3) is 8.92. The molecular formula is C26H30ClF3NO4S-. The van der Waals surface area contributed by atoms with Crippen molar-refractivity contribution in [2.75, 3.05) is 0 Å². The quantitative estimate of drug-likeness (QED) is 0.362. The topological polar surface area (TPSA) is 78.5 Å². The molecule has 0 unspecified atom stereocenters. The largest absolute Gasteiger partial charge is 0.548 e. The van der Waals surface area contributed by atoms with Crippen molar-refractivity contribution in [2.45, 2.75) is 86.9 Å². The number of carboxylic acid groups (broad SMARTS) is 1. The fraction of sp³-hybridized carbons (Fsp3) is 0.462. The molecule has 2 aromatic carbocycles. The predicted octanol–water partition coefficient (Wildman–Crippen LogP) is 6.65. The molecule has 0 spiro atoms. The van der Waals surface area contributed by atoms with Crippen molar-refractivity contribution in [3.05, 3.63) is 58.6 Å². The van der Waals surface area contributed by atoms with Gasteiger partial charge in [0.05, 0.1) is 17.1 Å². The second kappa shape index (κ2) is 12.2. The first-order valence-corrected chi connectivity index (χ1v) is 12.7. The number of hydrogen-bond donors (Lipinski definition) is 1. The van der Waals surface area contributed by atoms with Crippen LogP contribution in [0.5, 0.6) is 0 Å². The number of alkyl halides is 3. The van der Waals surface area contributed by atoms with Crippen LogP contribution in [0.15, 0.2) is 52.3 Å². The lowest BCUT2D eigenvalue weighted by Crippen LogP contribution is -2.60. The second-order valence-electron chi connectivity index (χ2n) is 9.48. The number of rotatable bonds is 10. The molecule has 0 aromatic heterocycles. The number of aryl methyl sites for hydroxylation is 1. The van der Waals surface area contributed by atoms with E-state index in [1.807, 2.05) is 6.92 Å². The van der Waals surface area contributed by atoms with Gasteiger partial charge in [-0.3, -0.25) is 0 Å². The lowest BCUT2D eigenvalue weighted by Gasteiger charge is -2.36. The molecule has 0 heterocycles. The summed E-state index contributed by atoms with van der Waals surface area (Å²) >= 11 is 7.58. The molecule has 0 fully saturated rings. The highest BCUT2D eigenvalue weighted by atomic mass is 35.5. The van der Waals surface area contributed by atoms with E-state index in [2.05, 4.69) is 5.32 Å². The Morgan fingerprint density at radius 1 is 1.06 bits per heavy atom. The molecule has 1 atom stereocenters. The number of amides is 1. The van der Waals surface area contributed by atoms with Crippen LogP contribution in [0, 0.1) is 0 Å². The summed E-state index contributed by atoms with van der Waals surface area (Å²) in [4.78, 5) is 25.4. The molecule has 0 aliphatic heterocycles. The molecule has 1 N–H and O–H groups in total. The van der Waals surface area contributed by atoms with Crippen LogP contribution in [0.3, 0.4) is 0 Å². The minimum absolute atomic E-state index is 0.111. The molecule has 0 saturated carbocycles. The van der Waals surface area contributed by atoms with Crippen LogP contribution < -0.4 is 10.4 Å². The number of nitrogens with one attached hydrogen (secondary N) is 1. The van der Waals surface area contributed by atoms with Gasteiger partial charge in [-0.05, 0) is 82.3 Å². The van der Waals surface area contributed by atoms with Crippen molar-refractivity contribution in [3.63, 3.8) is 0 Å². The molecule has 2 aromatic rings. The Morgan fingerprint density at radius 3 is 2.28 bits per heavy atom. The fourth-order valence-corrected chi connectivity index (χ4v) is 4.94. The van der Waals surface area contributed by atoms with E-state index in [-0.39, 0.29) is 12.8 Å². The molecule has 0 radical (unpaired) electrons. The van der Waals surface area contributed by atoms with Gasteiger partial charge >= 0.3 is 12.3 Å². The lowest BCUT2D eigenvalue weighted by molar-refractivity contribution is -0.315. The van der Waals surface area contributed by atoms with Crippen LogP contribution in [0.25, 0.3) is 0 Å². The van der Waals surface area contributed by atoms with E-state index in [4.69, 9.17) is 16.3 Å². The maximum Gasteiger partial charge on any atom is 0.416 e. The summed E-state index contributed by atoms with van der Waals surface area (Å²) in [5.74, 6) is -1.38. The summed E-state index contributed by atoms with van der Waals surface area (Å²) in [6.07, 6.45) is -3.63. The fourth-order valence-electron chi connectivity index (χ4n) is 3.68. The Labute approximate surface area is 218 Å². The molecule has 198 valence electrons. The highest BCUT2D eigenvalue weighted by Gasteiger charge is 2.34. The predicted molar refractivity (Wildman–Crippen MR) is 132 cm³/mol. The van der Waals surface area contributed by atoms with E-state index in [9.17, 15) is 27.9 Å². The van der Waals surface area contributed by atoms with Crippen LogP contribution in [0.2, 0.25) is 5.02 Å². The van der Waals surface area contributed by atoms with Gasteiger partial charge < -0.3 is 20.0 Å². The number of carboxylic acids is 1. The van der Waals surface area contributed by atoms with E-state index in [1.165, 1.54) is 6.07 Å². The molecule has 0 aliphatic carbocycles. The zero-order chi connectivity index (χ0) is 27.1. The van der Waals surface area contributed by atoms with Crippen molar-refractivity contribution in [3.8, 4) is 0 Å². The average molecular weight is 545 g/mol. The van der Waals surface area contributed by atoms with Gasteiger partial charge in [-0.2, -0.15) is 13.2 Å². The van der Waals surface area contributed by atoms with Crippen LogP contribution in [-0.4, -0.2) is 23.2 Å². The Hall–Kier alpha value is -2.39. The third-order valence-electron chi connectivity index (χ3n) is 5.28. The van der Waals surface area contributed by atoms with Crippen molar-refractivity contribution in [1.82, 2.24) is 5.32 Å². The Morgan fingerprint density at radius 2 is 1.72 bits per heavy atom. The molecule has 10 heteroatoms. The molecule has 36 heavy (non-hydrogen) atoms. The van der Waals surface area contributed by atoms with E-state index in [0.29, 0.717) is 34.1 Å². The summed E-state index contributed by atoms with van der Waals surface area (Å²) < 4.78 is 44.1. The molecule has 5 nitrogen and oxygen atoms in total. The maximum absolute atomic E-state index is 13.0. The smallest absolute Gasteiger partial charge is 0.416 e. The molecular weight excluding hydrogens is 515 g/mol. The van der Waals surface area contributed by atoms with Gasteiger partial charge in [0.25, 0.3) is 0 Å². The molecule has 0 saturated heterocycles. The van der Waals surface area contributed by atoms with Gasteiger partial charge in [-0.25, -0.2) is 4.79 Å². The lowest BCUT2D eigenvalue weighted by atomic mass is 9.87. The number of alkyl carbamates (subject to hydrolysis) is 1. The summed E-state index contributed by atoms with van der Waals surface area (Å²) in [6.45, 7) is 6.87. The zero-order valence-corrected chi connectivity index (χ0v) is 22.2. The van der Waals surface area contributed by atoms with Crippen molar-refractivity contribution in [2.24, 2.45) is 0 Å². The minimum atomic E-state index is -4.42. The first-order valence-electron chi connectivity index (χ1n) is 11.5. The number of carbonyl (C=O) groups is 2. The van der Waals surface area contributed by atoms with Gasteiger partial charge in [0.1, 0.15) is 5.60 Å². The van der Waals surface area contributed by atoms with Crippen LogP contribution in [0.1, 0.15) is 64.5 Å². The van der Waals surface area contributed by atoms with Gasteiger partial charge in [-0.1, -0.05) is 48.8 Å². The first kappa shape index (κ1) is 29.8. The van der Waals surface area contributed by atoms with E-state index >= 15 is 0 Å². The molecule has 0 aliphatic rings. The van der Waals surface area contributed by atoms with Crippen molar-refractivity contribution >= 4 is 35.4 Å². The monoisotopic (exact) mass is 544 g/mol. The number of carbonyl (C=O) groups excluding carboxylic acids is 2. The highest BCUT2D eigenvalue weighted by molar-refractivity contribution is 7.99. The SMILES string of the molecule is CCC[C@](CCCc1ccc(Sc2cccc(C(F)(F)F)c2)cc1Cl)(NC(=O)OC(C)(C)C)C(=O)[O-]. The van der Waals surface area contributed by atoms with Crippen molar-refractivity contribution in [1.29, 1.82) is 0 Å². The summed E-state index contributed by atoms with van der Waals surface area (Å²) in [5.41, 5.74) is -2.33. The van der Waals surface area contributed by atoms with Crippen LogP contribution in [0.4, 0.5) is 18.0 Å². The number of ether oxygens (including phenoxy) is 1. The van der Waals surface area contributed by atoms with Crippen molar-refractivity contribution < 1.29 is 32.6 Å².